The Hall–Kier alpha value is -1.32. The average Bonchev–Trinajstić information content (AvgIpc) is 2.15. The van der Waals surface area contributed by atoms with Crippen LogP contribution < -0.4 is 5.32 Å². The zero-order valence-electron chi connectivity index (χ0n) is 4.84. The summed E-state index contributed by atoms with van der Waals surface area (Å²) in [4.78, 5) is 13.9. The van der Waals surface area contributed by atoms with Crippen LogP contribution in [0.3, 0.4) is 0 Å². The first kappa shape index (κ1) is 5.81. The van der Waals surface area contributed by atoms with Crippen LogP contribution in [0.5, 0.6) is 0 Å². The van der Waals surface area contributed by atoms with Gasteiger partial charge >= 0.3 is 6.01 Å². The number of aromatic nitrogens is 1. The Morgan fingerprint density at radius 3 is 3.22 bits per heavy atom. The molecule has 4 heteroatoms. The molecule has 0 atom stereocenters. The number of nitrogens with one attached hydrogen (secondary N) is 1. The van der Waals surface area contributed by atoms with Gasteiger partial charge in [0.05, 0.1) is 6.20 Å². The zero-order valence-corrected chi connectivity index (χ0v) is 4.84. The molecule has 1 heterocycles. The topological polar surface area (TPSA) is 55.1 Å². The highest BCUT2D eigenvalue weighted by Crippen LogP contribution is 1.98. The SMILES string of the molecule is CC(=O)Nc1nc[c]o1. The lowest BCUT2D eigenvalue weighted by molar-refractivity contribution is -0.114. The van der Waals surface area contributed by atoms with Crippen molar-refractivity contribution in [1.29, 1.82) is 0 Å². The van der Waals surface area contributed by atoms with Crippen molar-refractivity contribution in [2.75, 3.05) is 5.32 Å². The van der Waals surface area contributed by atoms with Gasteiger partial charge in [0.1, 0.15) is 0 Å². The molecule has 0 saturated heterocycles. The molecule has 0 aliphatic carbocycles. The lowest BCUT2D eigenvalue weighted by Gasteiger charge is -1.89. The van der Waals surface area contributed by atoms with Crippen LogP contribution in [-0.2, 0) is 4.79 Å². The second kappa shape index (κ2) is 2.30. The molecule has 0 aliphatic heterocycles. The van der Waals surface area contributed by atoms with Crippen molar-refractivity contribution in [2.45, 2.75) is 6.92 Å². The molecule has 1 radical (unpaired) electrons. The van der Waals surface area contributed by atoms with Crippen LogP contribution in [0, 0.1) is 6.26 Å². The van der Waals surface area contributed by atoms with E-state index in [-0.39, 0.29) is 11.9 Å². The predicted octanol–water partition coefficient (Wildman–Crippen LogP) is 0.433. The zero-order chi connectivity index (χ0) is 6.69. The van der Waals surface area contributed by atoms with E-state index < -0.39 is 0 Å². The molecule has 0 bridgehead atoms. The maximum absolute atomic E-state index is 10.3. The molecule has 0 unspecified atom stereocenters. The fraction of sp³-hybridized carbons (Fsp3) is 0.200. The van der Waals surface area contributed by atoms with Crippen molar-refractivity contribution in [3.8, 4) is 0 Å². The summed E-state index contributed by atoms with van der Waals surface area (Å²) >= 11 is 0. The van der Waals surface area contributed by atoms with Gasteiger partial charge in [0.15, 0.2) is 6.26 Å². The van der Waals surface area contributed by atoms with Gasteiger partial charge in [-0.1, -0.05) is 0 Å². The van der Waals surface area contributed by atoms with Gasteiger partial charge in [-0.05, 0) is 0 Å². The number of oxazole rings is 1. The van der Waals surface area contributed by atoms with Crippen molar-refractivity contribution in [1.82, 2.24) is 4.98 Å². The molecule has 0 aromatic carbocycles. The first-order valence-corrected chi connectivity index (χ1v) is 2.38. The van der Waals surface area contributed by atoms with Crippen molar-refractivity contribution in [2.24, 2.45) is 0 Å². The fourth-order valence-electron chi connectivity index (χ4n) is 0.402. The molecule has 1 aromatic heterocycles. The highest BCUT2D eigenvalue weighted by atomic mass is 16.4. The van der Waals surface area contributed by atoms with Gasteiger partial charge in [-0.3, -0.25) is 10.1 Å². The van der Waals surface area contributed by atoms with E-state index in [0.29, 0.717) is 0 Å². The van der Waals surface area contributed by atoms with Crippen LogP contribution in [0.25, 0.3) is 0 Å². The first-order chi connectivity index (χ1) is 4.29. The maximum Gasteiger partial charge on any atom is 0.302 e. The third kappa shape index (κ3) is 1.56. The van der Waals surface area contributed by atoms with E-state index in [1.807, 2.05) is 0 Å². The quantitative estimate of drug-likeness (QED) is 0.592. The monoisotopic (exact) mass is 125 g/mol. The fourth-order valence-corrected chi connectivity index (χ4v) is 0.402. The van der Waals surface area contributed by atoms with Crippen molar-refractivity contribution in [3.05, 3.63) is 12.5 Å². The van der Waals surface area contributed by atoms with E-state index in [2.05, 4.69) is 21.0 Å². The van der Waals surface area contributed by atoms with Crippen LogP contribution in [-0.4, -0.2) is 10.9 Å². The summed E-state index contributed by atoms with van der Waals surface area (Å²) in [6, 6.07) is 0.183. The number of nitrogens with zero attached hydrogens (tertiary/aromatic N) is 1. The molecule has 0 spiro atoms. The standard InChI is InChI=1S/C5H5N2O2/c1-4(8)7-5-6-2-3-9-5/h2H,1H3,(H,6,7,8). The van der Waals surface area contributed by atoms with Gasteiger partial charge in [-0.25, -0.2) is 4.98 Å². The van der Waals surface area contributed by atoms with Gasteiger partial charge in [-0.2, -0.15) is 0 Å². The Morgan fingerprint density at radius 1 is 2.00 bits per heavy atom. The Kier molecular flexibility index (Phi) is 1.48. The summed E-state index contributed by atoms with van der Waals surface area (Å²) in [5.74, 6) is -0.203. The third-order valence-corrected chi connectivity index (χ3v) is 0.673. The minimum atomic E-state index is -0.203. The molecule has 4 nitrogen and oxygen atoms in total. The predicted molar refractivity (Wildman–Crippen MR) is 29.6 cm³/mol. The molecule has 0 aliphatic rings. The van der Waals surface area contributed by atoms with Gasteiger partial charge in [0, 0.05) is 6.92 Å². The van der Waals surface area contributed by atoms with E-state index >= 15 is 0 Å². The van der Waals surface area contributed by atoms with E-state index in [1.54, 1.807) is 0 Å². The second-order valence-electron chi connectivity index (χ2n) is 1.46. The first-order valence-electron chi connectivity index (χ1n) is 2.38. The number of hydrogen-bond acceptors (Lipinski definition) is 3. The number of amides is 1. The van der Waals surface area contributed by atoms with Gasteiger partial charge in [-0.15, -0.1) is 0 Å². The minimum Gasteiger partial charge on any atom is -0.420 e. The lowest BCUT2D eigenvalue weighted by atomic mass is 10.7. The Bertz CT molecular complexity index is 193. The van der Waals surface area contributed by atoms with Crippen LogP contribution in [0.4, 0.5) is 6.01 Å². The second-order valence-corrected chi connectivity index (χ2v) is 1.46. The summed E-state index contributed by atoms with van der Waals surface area (Å²) in [6.45, 7) is 1.38. The van der Waals surface area contributed by atoms with Crippen molar-refractivity contribution in [3.63, 3.8) is 0 Å². The normalized spacial score (nSPS) is 9.00. The van der Waals surface area contributed by atoms with Crippen molar-refractivity contribution < 1.29 is 9.21 Å². The third-order valence-electron chi connectivity index (χ3n) is 0.673. The number of hydrogen-bond donors (Lipinski definition) is 1. The van der Waals surface area contributed by atoms with E-state index in [9.17, 15) is 4.79 Å². The summed E-state index contributed by atoms with van der Waals surface area (Å²) < 4.78 is 4.58. The van der Waals surface area contributed by atoms with E-state index in [4.69, 9.17) is 0 Å². The molecule has 1 amide bonds. The largest absolute Gasteiger partial charge is 0.420 e. The molecule has 1 rings (SSSR count). The highest BCUT2D eigenvalue weighted by Gasteiger charge is 1.96. The molecule has 9 heavy (non-hydrogen) atoms. The maximum atomic E-state index is 10.3. The van der Waals surface area contributed by atoms with E-state index in [1.165, 1.54) is 13.1 Å². The van der Waals surface area contributed by atoms with Crippen LogP contribution in [0.1, 0.15) is 6.92 Å². The molecule has 0 saturated carbocycles. The summed E-state index contributed by atoms with van der Waals surface area (Å²) in [6.07, 6.45) is 3.67. The van der Waals surface area contributed by atoms with Gasteiger partial charge < -0.3 is 4.42 Å². The van der Waals surface area contributed by atoms with Crippen LogP contribution in [0.2, 0.25) is 0 Å². The smallest absolute Gasteiger partial charge is 0.302 e. The molecule has 1 aromatic rings. The molecule has 0 fully saturated rings. The molecular formula is C5H5N2O2. The van der Waals surface area contributed by atoms with Gasteiger partial charge in [0.2, 0.25) is 5.91 Å². The van der Waals surface area contributed by atoms with Crippen LogP contribution in [0.15, 0.2) is 10.6 Å². The summed E-state index contributed by atoms with van der Waals surface area (Å²) in [7, 11) is 0. The summed E-state index contributed by atoms with van der Waals surface area (Å²) in [5.41, 5.74) is 0. The van der Waals surface area contributed by atoms with Crippen molar-refractivity contribution >= 4 is 11.9 Å². The number of carbonyl (C=O) groups is 1. The number of rotatable bonds is 1. The molecule has 47 valence electrons. The summed E-state index contributed by atoms with van der Waals surface area (Å²) in [5, 5.41) is 2.34. The average molecular weight is 125 g/mol. The van der Waals surface area contributed by atoms with Gasteiger partial charge in [0.25, 0.3) is 0 Å². The molecular weight excluding hydrogens is 120 g/mol. The lowest BCUT2D eigenvalue weighted by Crippen LogP contribution is -2.05. The Labute approximate surface area is 51.9 Å². The highest BCUT2D eigenvalue weighted by molar-refractivity contribution is 5.86. The Balaban J connectivity index is 2.58. The molecule has 1 N–H and O–H groups in total. The number of carbonyl (C=O) groups excluding carboxylic acids is 1. The minimum absolute atomic E-state index is 0.183. The van der Waals surface area contributed by atoms with E-state index in [0.717, 1.165) is 0 Å². The number of anilines is 1. The van der Waals surface area contributed by atoms with Crippen LogP contribution >= 0.6 is 0 Å². The Morgan fingerprint density at radius 2 is 2.78 bits per heavy atom.